The molecule has 1 aliphatic heterocycles. The summed E-state index contributed by atoms with van der Waals surface area (Å²) < 4.78 is 23.0. The molecule has 1 aliphatic rings. The average molecular weight is 374 g/mol. The Kier molecular flexibility index (Phi) is 5.13. The number of rotatable bonds is 3. The maximum atomic E-state index is 12.4. The molecule has 2 aromatic rings. The molecule has 0 aliphatic carbocycles. The lowest BCUT2D eigenvalue weighted by molar-refractivity contribution is 0.208. The third kappa shape index (κ3) is 4.13. The summed E-state index contributed by atoms with van der Waals surface area (Å²) in [6.45, 7) is 4.67. The van der Waals surface area contributed by atoms with Crippen molar-refractivity contribution in [3.05, 3.63) is 48.2 Å². The predicted molar refractivity (Wildman–Crippen MR) is 101 cm³/mol. The van der Waals surface area contributed by atoms with Gasteiger partial charge in [-0.15, -0.1) is 0 Å². The monoisotopic (exact) mass is 374 g/mol. The van der Waals surface area contributed by atoms with Crippen LogP contribution in [0.4, 0.5) is 16.3 Å². The van der Waals surface area contributed by atoms with Crippen LogP contribution in [0.3, 0.4) is 0 Å². The minimum Gasteiger partial charge on any atom is -0.353 e. The highest BCUT2D eigenvalue weighted by Gasteiger charge is 2.22. The second-order valence-corrected chi connectivity index (χ2v) is 8.36. The summed E-state index contributed by atoms with van der Waals surface area (Å²) in [5.74, 6) is 0.962. The first-order valence-corrected chi connectivity index (χ1v) is 10.3. The number of amides is 2. The number of anilines is 2. The minimum atomic E-state index is -3.24. The van der Waals surface area contributed by atoms with Crippen LogP contribution >= 0.6 is 0 Å². The van der Waals surface area contributed by atoms with Gasteiger partial charge in [0, 0.05) is 44.3 Å². The second-order valence-electron chi connectivity index (χ2n) is 6.34. The Labute approximate surface area is 153 Å². The van der Waals surface area contributed by atoms with Gasteiger partial charge >= 0.3 is 6.03 Å². The number of piperazine rings is 1. The Morgan fingerprint density at radius 1 is 1.08 bits per heavy atom. The molecule has 1 aromatic carbocycles. The van der Waals surface area contributed by atoms with Gasteiger partial charge in [-0.05, 0) is 42.8 Å². The molecule has 26 heavy (non-hydrogen) atoms. The van der Waals surface area contributed by atoms with E-state index in [1.807, 2.05) is 19.1 Å². The molecule has 2 amide bonds. The molecule has 2 heterocycles. The number of nitrogens with zero attached hydrogens (tertiary/aromatic N) is 3. The van der Waals surface area contributed by atoms with Gasteiger partial charge in [-0.2, -0.15) is 0 Å². The molecule has 1 N–H and O–H groups in total. The number of aryl methyl sites for hydroxylation is 1. The Bertz CT molecular complexity index is 889. The van der Waals surface area contributed by atoms with Crippen LogP contribution in [0.1, 0.15) is 5.56 Å². The van der Waals surface area contributed by atoms with Crippen LogP contribution in [-0.2, 0) is 9.84 Å². The van der Waals surface area contributed by atoms with Crippen molar-refractivity contribution in [3.8, 4) is 0 Å². The van der Waals surface area contributed by atoms with Crippen molar-refractivity contribution in [2.24, 2.45) is 0 Å². The van der Waals surface area contributed by atoms with Crippen LogP contribution in [0.2, 0.25) is 0 Å². The van der Waals surface area contributed by atoms with E-state index in [0.29, 0.717) is 18.8 Å². The molecule has 0 radical (unpaired) electrons. The summed E-state index contributed by atoms with van der Waals surface area (Å²) in [5, 5.41) is 2.81. The SMILES string of the molecule is Cc1cccnc1N1CCN(C(=O)Nc2ccc(S(C)(=O)=O)cc2)CC1. The summed E-state index contributed by atoms with van der Waals surface area (Å²) in [6, 6.07) is 9.94. The highest BCUT2D eigenvalue weighted by Crippen LogP contribution is 2.19. The van der Waals surface area contributed by atoms with Gasteiger partial charge in [-0.3, -0.25) is 0 Å². The van der Waals surface area contributed by atoms with E-state index < -0.39 is 9.84 Å². The molecule has 7 nitrogen and oxygen atoms in total. The van der Waals surface area contributed by atoms with E-state index in [1.54, 1.807) is 23.2 Å². The summed E-state index contributed by atoms with van der Waals surface area (Å²) in [6.07, 6.45) is 2.94. The predicted octanol–water partition coefficient (Wildman–Crippen LogP) is 2.15. The number of pyridine rings is 1. The summed E-state index contributed by atoms with van der Waals surface area (Å²) >= 11 is 0. The molecule has 8 heteroatoms. The third-order valence-corrected chi connectivity index (χ3v) is 5.51. The molecule has 0 atom stereocenters. The number of sulfone groups is 1. The van der Waals surface area contributed by atoms with Crippen molar-refractivity contribution < 1.29 is 13.2 Å². The molecular weight excluding hydrogens is 352 g/mol. The van der Waals surface area contributed by atoms with Gasteiger partial charge < -0.3 is 15.1 Å². The maximum absolute atomic E-state index is 12.4. The van der Waals surface area contributed by atoms with Crippen LogP contribution in [-0.4, -0.2) is 56.8 Å². The molecule has 0 unspecified atom stereocenters. The van der Waals surface area contributed by atoms with E-state index in [9.17, 15) is 13.2 Å². The van der Waals surface area contributed by atoms with Crippen LogP contribution in [0.15, 0.2) is 47.5 Å². The fourth-order valence-corrected chi connectivity index (χ4v) is 3.55. The number of nitrogens with one attached hydrogen (secondary N) is 1. The Balaban J connectivity index is 1.58. The van der Waals surface area contributed by atoms with Gasteiger partial charge in [-0.25, -0.2) is 18.2 Å². The van der Waals surface area contributed by atoms with E-state index in [4.69, 9.17) is 0 Å². The molecule has 1 saturated heterocycles. The van der Waals surface area contributed by atoms with Crippen molar-refractivity contribution in [2.75, 3.05) is 42.7 Å². The smallest absolute Gasteiger partial charge is 0.321 e. The number of carbonyl (C=O) groups excluding carboxylic acids is 1. The van der Waals surface area contributed by atoms with E-state index in [2.05, 4.69) is 15.2 Å². The molecule has 3 rings (SSSR count). The Hall–Kier alpha value is -2.61. The van der Waals surface area contributed by atoms with Crippen molar-refractivity contribution in [1.82, 2.24) is 9.88 Å². The highest BCUT2D eigenvalue weighted by molar-refractivity contribution is 7.90. The number of urea groups is 1. The normalized spacial score (nSPS) is 15.0. The highest BCUT2D eigenvalue weighted by atomic mass is 32.2. The lowest BCUT2D eigenvalue weighted by Crippen LogP contribution is -2.50. The second kappa shape index (κ2) is 7.33. The molecule has 1 aromatic heterocycles. The number of hydrogen-bond donors (Lipinski definition) is 1. The lowest BCUT2D eigenvalue weighted by atomic mass is 10.2. The van der Waals surface area contributed by atoms with Crippen molar-refractivity contribution in [3.63, 3.8) is 0 Å². The quantitative estimate of drug-likeness (QED) is 0.890. The fourth-order valence-electron chi connectivity index (χ4n) is 2.92. The zero-order valence-corrected chi connectivity index (χ0v) is 15.7. The van der Waals surface area contributed by atoms with Crippen molar-refractivity contribution >= 4 is 27.4 Å². The van der Waals surface area contributed by atoms with Crippen molar-refractivity contribution in [2.45, 2.75) is 11.8 Å². The van der Waals surface area contributed by atoms with E-state index >= 15 is 0 Å². The lowest BCUT2D eigenvalue weighted by Gasteiger charge is -2.35. The number of aromatic nitrogens is 1. The summed E-state index contributed by atoms with van der Waals surface area (Å²) in [5.41, 5.74) is 1.70. The minimum absolute atomic E-state index is 0.186. The van der Waals surface area contributed by atoms with Crippen LogP contribution < -0.4 is 10.2 Å². The van der Waals surface area contributed by atoms with Crippen LogP contribution in [0.5, 0.6) is 0 Å². The topological polar surface area (TPSA) is 82.6 Å². The van der Waals surface area contributed by atoms with Gasteiger partial charge in [0.25, 0.3) is 0 Å². The number of carbonyl (C=O) groups is 1. The van der Waals surface area contributed by atoms with E-state index in [0.717, 1.165) is 30.7 Å². The Morgan fingerprint density at radius 3 is 2.31 bits per heavy atom. The van der Waals surface area contributed by atoms with E-state index in [1.165, 1.54) is 12.1 Å². The molecule has 0 bridgehead atoms. The van der Waals surface area contributed by atoms with Gasteiger partial charge in [-0.1, -0.05) is 6.07 Å². The Morgan fingerprint density at radius 2 is 1.73 bits per heavy atom. The van der Waals surface area contributed by atoms with Gasteiger partial charge in [0.1, 0.15) is 5.82 Å². The van der Waals surface area contributed by atoms with E-state index in [-0.39, 0.29) is 10.9 Å². The largest absolute Gasteiger partial charge is 0.353 e. The molecule has 0 spiro atoms. The van der Waals surface area contributed by atoms with Crippen molar-refractivity contribution in [1.29, 1.82) is 0 Å². The first kappa shape index (κ1) is 18.2. The molecule has 138 valence electrons. The zero-order valence-electron chi connectivity index (χ0n) is 14.8. The first-order chi connectivity index (χ1) is 12.3. The van der Waals surface area contributed by atoms with Gasteiger partial charge in [0.15, 0.2) is 9.84 Å². The fraction of sp³-hybridized carbons (Fsp3) is 0.333. The molecule has 1 fully saturated rings. The van der Waals surface area contributed by atoms with Crippen LogP contribution in [0, 0.1) is 6.92 Å². The maximum Gasteiger partial charge on any atom is 0.321 e. The first-order valence-electron chi connectivity index (χ1n) is 8.37. The standard InChI is InChI=1S/C18H22N4O3S/c1-14-4-3-9-19-17(14)21-10-12-22(13-11-21)18(23)20-15-5-7-16(8-6-15)26(2,24)25/h3-9H,10-13H2,1-2H3,(H,20,23). The van der Waals surface area contributed by atoms with Crippen LogP contribution in [0.25, 0.3) is 0 Å². The summed E-state index contributed by atoms with van der Waals surface area (Å²) in [4.78, 5) is 21.0. The zero-order chi connectivity index (χ0) is 18.7. The third-order valence-electron chi connectivity index (χ3n) is 4.38. The number of benzene rings is 1. The number of hydrogen-bond acceptors (Lipinski definition) is 5. The van der Waals surface area contributed by atoms with Gasteiger partial charge in [0.05, 0.1) is 4.90 Å². The molecular formula is C18H22N4O3S. The van der Waals surface area contributed by atoms with Gasteiger partial charge in [0.2, 0.25) is 0 Å². The summed E-state index contributed by atoms with van der Waals surface area (Å²) in [7, 11) is -3.24. The average Bonchev–Trinajstić information content (AvgIpc) is 2.62. The molecule has 0 saturated carbocycles.